The predicted octanol–water partition coefficient (Wildman–Crippen LogP) is 2.12. The Morgan fingerprint density at radius 1 is 1.17 bits per heavy atom. The van der Waals surface area contributed by atoms with Crippen molar-refractivity contribution in [1.29, 1.82) is 0 Å². The highest BCUT2D eigenvalue weighted by molar-refractivity contribution is 9.10. The topological polar surface area (TPSA) is 52.7 Å². The molecule has 1 aromatic rings. The van der Waals surface area contributed by atoms with Gasteiger partial charge in [0, 0.05) is 41.8 Å². The van der Waals surface area contributed by atoms with Crippen LogP contribution in [0.25, 0.3) is 0 Å². The minimum Gasteiger partial charge on any atom is -0.350 e. The summed E-state index contributed by atoms with van der Waals surface area (Å²) in [6, 6.07) is 7.44. The van der Waals surface area contributed by atoms with Crippen molar-refractivity contribution in [2.75, 3.05) is 32.7 Å². The van der Waals surface area contributed by atoms with Crippen molar-refractivity contribution < 1.29 is 9.59 Å². The maximum absolute atomic E-state index is 12.5. The fourth-order valence-electron chi connectivity index (χ4n) is 2.57. The van der Waals surface area contributed by atoms with Gasteiger partial charge in [-0.2, -0.15) is 0 Å². The fraction of sp³-hybridized carbons (Fsp3) is 0.529. The van der Waals surface area contributed by atoms with Crippen molar-refractivity contribution in [2.24, 2.45) is 0 Å². The smallest absolute Gasteiger partial charge is 0.253 e. The highest BCUT2D eigenvalue weighted by atomic mass is 79.9. The van der Waals surface area contributed by atoms with Gasteiger partial charge < -0.3 is 10.2 Å². The highest BCUT2D eigenvalue weighted by Gasteiger charge is 2.24. The number of carbonyl (C=O) groups is 2. The molecule has 5 nitrogen and oxygen atoms in total. The van der Waals surface area contributed by atoms with Gasteiger partial charge in [-0.1, -0.05) is 22.0 Å². The molecule has 0 atom stereocenters. The van der Waals surface area contributed by atoms with Crippen molar-refractivity contribution in [3.8, 4) is 0 Å². The van der Waals surface area contributed by atoms with Crippen LogP contribution in [-0.2, 0) is 4.79 Å². The molecule has 1 fully saturated rings. The van der Waals surface area contributed by atoms with Crippen molar-refractivity contribution in [2.45, 2.75) is 26.3 Å². The minimum absolute atomic E-state index is 0.0317. The lowest BCUT2D eigenvalue weighted by Crippen LogP contribution is -2.52. The SMILES string of the molecule is CC(C)(C)NC(=O)CN1CCN(C(=O)c2cccc(Br)c2)CC1. The van der Waals surface area contributed by atoms with Crippen LogP contribution in [0.2, 0.25) is 0 Å². The average Bonchev–Trinajstić information content (AvgIpc) is 2.45. The number of halogens is 1. The Morgan fingerprint density at radius 3 is 2.39 bits per heavy atom. The van der Waals surface area contributed by atoms with E-state index in [2.05, 4.69) is 26.1 Å². The van der Waals surface area contributed by atoms with Crippen LogP contribution in [0.1, 0.15) is 31.1 Å². The van der Waals surface area contributed by atoms with E-state index in [1.54, 1.807) is 0 Å². The predicted molar refractivity (Wildman–Crippen MR) is 94.4 cm³/mol. The Bertz CT molecular complexity index is 575. The van der Waals surface area contributed by atoms with E-state index in [-0.39, 0.29) is 17.4 Å². The number of hydrogen-bond donors (Lipinski definition) is 1. The number of hydrogen-bond acceptors (Lipinski definition) is 3. The molecule has 0 aliphatic carbocycles. The Balaban J connectivity index is 1.84. The number of piperazine rings is 1. The monoisotopic (exact) mass is 381 g/mol. The zero-order valence-electron chi connectivity index (χ0n) is 13.9. The van der Waals surface area contributed by atoms with Gasteiger partial charge >= 0.3 is 0 Å². The molecule has 0 aromatic heterocycles. The third-order valence-corrected chi connectivity index (χ3v) is 4.11. The molecule has 0 unspecified atom stereocenters. The van der Waals surface area contributed by atoms with Crippen LogP contribution in [0.4, 0.5) is 0 Å². The van der Waals surface area contributed by atoms with E-state index < -0.39 is 0 Å². The summed E-state index contributed by atoms with van der Waals surface area (Å²) >= 11 is 3.39. The Morgan fingerprint density at radius 2 is 1.83 bits per heavy atom. The molecule has 1 aliphatic heterocycles. The van der Waals surface area contributed by atoms with Gasteiger partial charge in [-0.25, -0.2) is 0 Å². The molecule has 0 radical (unpaired) electrons. The molecule has 1 heterocycles. The van der Waals surface area contributed by atoms with E-state index in [0.717, 1.165) is 17.6 Å². The van der Waals surface area contributed by atoms with Crippen LogP contribution >= 0.6 is 15.9 Å². The van der Waals surface area contributed by atoms with Crippen molar-refractivity contribution in [3.05, 3.63) is 34.3 Å². The second-order valence-corrected chi connectivity index (χ2v) is 7.79. The lowest BCUT2D eigenvalue weighted by molar-refractivity contribution is -0.124. The second-order valence-electron chi connectivity index (χ2n) is 6.88. The summed E-state index contributed by atoms with van der Waals surface area (Å²) in [4.78, 5) is 28.4. The van der Waals surface area contributed by atoms with Crippen LogP contribution in [-0.4, -0.2) is 59.9 Å². The van der Waals surface area contributed by atoms with Gasteiger partial charge in [0.1, 0.15) is 0 Å². The van der Waals surface area contributed by atoms with Crippen LogP contribution in [0.5, 0.6) is 0 Å². The minimum atomic E-state index is -0.213. The molecule has 1 N–H and O–H groups in total. The van der Waals surface area contributed by atoms with E-state index in [4.69, 9.17) is 0 Å². The third kappa shape index (κ3) is 5.62. The molecule has 1 aromatic carbocycles. The lowest BCUT2D eigenvalue weighted by atomic mass is 10.1. The first-order valence-electron chi connectivity index (χ1n) is 7.83. The molecule has 2 rings (SSSR count). The molecule has 0 saturated carbocycles. The maximum atomic E-state index is 12.5. The summed E-state index contributed by atoms with van der Waals surface area (Å²) in [6.45, 7) is 9.03. The molecule has 23 heavy (non-hydrogen) atoms. The van der Waals surface area contributed by atoms with Crippen LogP contribution < -0.4 is 5.32 Å². The van der Waals surface area contributed by atoms with E-state index in [9.17, 15) is 9.59 Å². The Hall–Kier alpha value is -1.40. The summed E-state index contributed by atoms with van der Waals surface area (Å²) in [5.41, 5.74) is 0.480. The van der Waals surface area contributed by atoms with Gasteiger partial charge in [0.2, 0.25) is 5.91 Å². The molecule has 1 saturated heterocycles. The summed E-state index contributed by atoms with van der Waals surface area (Å²) in [5.74, 6) is 0.0781. The maximum Gasteiger partial charge on any atom is 0.253 e. The van der Waals surface area contributed by atoms with E-state index >= 15 is 0 Å². The first-order chi connectivity index (χ1) is 10.7. The van der Waals surface area contributed by atoms with Gasteiger partial charge in [-0.15, -0.1) is 0 Å². The second kappa shape index (κ2) is 7.45. The molecule has 0 bridgehead atoms. The molecule has 6 heteroatoms. The van der Waals surface area contributed by atoms with Gasteiger partial charge in [-0.3, -0.25) is 14.5 Å². The average molecular weight is 382 g/mol. The number of carbonyl (C=O) groups excluding carboxylic acids is 2. The third-order valence-electron chi connectivity index (χ3n) is 3.61. The van der Waals surface area contributed by atoms with E-state index in [1.165, 1.54) is 0 Å². The molecule has 0 spiro atoms. The molecule has 126 valence electrons. The van der Waals surface area contributed by atoms with Crippen LogP contribution in [0, 0.1) is 0 Å². The molecule has 2 amide bonds. The highest BCUT2D eigenvalue weighted by Crippen LogP contribution is 2.14. The fourth-order valence-corrected chi connectivity index (χ4v) is 2.97. The number of nitrogens with zero attached hydrogens (tertiary/aromatic N) is 2. The first kappa shape index (κ1) is 17.9. The Labute approximate surface area is 146 Å². The first-order valence-corrected chi connectivity index (χ1v) is 8.62. The number of nitrogens with one attached hydrogen (secondary N) is 1. The normalized spacial score (nSPS) is 16.3. The molecule has 1 aliphatic rings. The Kier molecular flexibility index (Phi) is 5.81. The number of amides is 2. The van der Waals surface area contributed by atoms with Gasteiger partial charge in [0.25, 0.3) is 5.91 Å². The lowest BCUT2D eigenvalue weighted by Gasteiger charge is -2.35. The van der Waals surface area contributed by atoms with Crippen molar-refractivity contribution in [3.63, 3.8) is 0 Å². The van der Waals surface area contributed by atoms with Gasteiger partial charge in [0.15, 0.2) is 0 Å². The van der Waals surface area contributed by atoms with Crippen molar-refractivity contribution >= 4 is 27.7 Å². The summed E-state index contributed by atoms with van der Waals surface area (Å²) in [5, 5.41) is 2.97. The number of rotatable bonds is 3. The van der Waals surface area contributed by atoms with Crippen LogP contribution in [0.3, 0.4) is 0 Å². The zero-order valence-corrected chi connectivity index (χ0v) is 15.5. The van der Waals surface area contributed by atoms with Gasteiger partial charge in [0.05, 0.1) is 6.54 Å². The summed E-state index contributed by atoms with van der Waals surface area (Å²) < 4.78 is 0.904. The summed E-state index contributed by atoms with van der Waals surface area (Å²) in [6.07, 6.45) is 0. The largest absolute Gasteiger partial charge is 0.350 e. The van der Waals surface area contributed by atoms with Crippen molar-refractivity contribution in [1.82, 2.24) is 15.1 Å². The quantitative estimate of drug-likeness (QED) is 0.872. The molecular formula is C17H24BrN3O2. The standard InChI is InChI=1S/C17H24BrN3O2/c1-17(2,3)19-15(22)12-20-7-9-21(10-8-20)16(23)13-5-4-6-14(18)11-13/h4-6,11H,7-10,12H2,1-3H3,(H,19,22). The molecular weight excluding hydrogens is 358 g/mol. The summed E-state index contributed by atoms with van der Waals surface area (Å²) in [7, 11) is 0. The zero-order chi connectivity index (χ0) is 17.0. The van der Waals surface area contributed by atoms with Crippen LogP contribution in [0.15, 0.2) is 28.7 Å². The number of benzene rings is 1. The van der Waals surface area contributed by atoms with E-state index in [1.807, 2.05) is 49.9 Å². The van der Waals surface area contributed by atoms with E-state index in [0.29, 0.717) is 25.2 Å². The van der Waals surface area contributed by atoms with Gasteiger partial charge in [-0.05, 0) is 39.0 Å².